The number of nitrogens with two attached hydrogens (primary N) is 1. The Morgan fingerprint density at radius 1 is 1.30 bits per heavy atom. The molecule has 0 bridgehead atoms. The molecule has 3 rings (SSSR count). The van der Waals surface area contributed by atoms with Crippen LogP contribution >= 0.6 is 15.9 Å². The van der Waals surface area contributed by atoms with Crippen molar-refractivity contribution in [2.75, 3.05) is 11.1 Å². The summed E-state index contributed by atoms with van der Waals surface area (Å²) in [6.45, 7) is 0. The van der Waals surface area contributed by atoms with Crippen molar-refractivity contribution in [2.45, 2.75) is 18.8 Å². The van der Waals surface area contributed by atoms with Crippen molar-refractivity contribution in [1.82, 2.24) is 9.97 Å². The van der Waals surface area contributed by atoms with Crippen LogP contribution in [0.25, 0.3) is 0 Å². The van der Waals surface area contributed by atoms with Crippen LogP contribution in [-0.4, -0.2) is 9.97 Å². The van der Waals surface area contributed by atoms with E-state index in [0.717, 1.165) is 23.1 Å². The van der Waals surface area contributed by atoms with Crippen molar-refractivity contribution in [2.24, 2.45) is 0 Å². The first-order chi connectivity index (χ1) is 9.65. The van der Waals surface area contributed by atoms with Crippen LogP contribution in [0.1, 0.15) is 30.1 Å². The van der Waals surface area contributed by atoms with Crippen LogP contribution in [0.15, 0.2) is 28.7 Å². The average Bonchev–Trinajstić information content (AvgIpc) is 3.24. The molecule has 0 aliphatic heterocycles. The summed E-state index contributed by atoms with van der Waals surface area (Å²) in [5, 5.41) is 12.3. The Kier molecular flexibility index (Phi) is 3.28. The first-order valence-corrected chi connectivity index (χ1v) is 7.06. The summed E-state index contributed by atoms with van der Waals surface area (Å²) in [5.41, 5.74) is 7.06. The van der Waals surface area contributed by atoms with Crippen molar-refractivity contribution in [3.05, 3.63) is 40.1 Å². The molecule has 0 saturated heterocycles. The minimum atomic E-state index is 0.430. The molecule has 1 aromatic carbocycles. The van der Waals surface area contributed by atoms with E-state index in [0.29, 0.717) is 28.8 Å². The number of nitrogens with one attached hydrogen (secondary N) is 1. The van der Waals surface area contributed by atoms with E-state index in [1.54, 1.807) is 12.1 Å². The predicted molar refractivity (Wildman–Crippen MR) is 80.6 cm³/mol. The van der Waals surface area contributed by atoms with Gasteiger partial charge in [0.15, 0.2) is 0 Å². The van der Waals surface area contributed by atoms with Gasteiger partial charge in [-0.2, -0.15) is 5.26 Å². The number of nitrogen functional groups attached to an aromatic ring is 1. The van der Waals surface area contributed by atoms with Gasteiger partial charge in [0.05, 0.1) is 11.3 Å². The molecule has 1 aliphatic carbocycles. The highest BCUT2D eigenvalue weighted by molar-refractivity contribution is 9.10. The highest BCUT2D eigenvalue weighted by Gasteiger charge is 2.27. The molecule has 0 spiro atoms. The monoisotopic (exact) mass is 329 g/mol. The SMILES string of the molecule is N#Cc1cc(Br)ccc1Nc1cc(N)nc(C2CC2)n1. The van der Waals surface area contributed by atoms with Crippen LogP contribution in [0.4, 0.5) is 17.3 Å². The molecule has 1 fully saturated rings. The fourth-order valence-corrected chi connectivity index (χ4v) is 2.29. The summed E-state index contributed by atoms with van der Waals surface area (Å²) in [4.78, 5) is 8.71. The molecule has 0 radical (unpaired) electrons. The van der Waals surface area contributed by atoms with Gasteiger partial charge in [-0.15, -0.1) is 0 Å². The van der Waals surface area contributed by atoms with Crippen LogP contribution in [-0.2, 0) is 0 Å². The molecule has 1 saturated carbocycles. The maximum absolute atomic E-state index is 9.16. The summed E-state index contributed by atoms with van der Waals surface area (Å²) in [6.07, 6.45) is 2.23. The summed E-state index contributed by atoms with van der Waals surface area (Å²) in [6, 6.07) is 9.29. The lowest BCUT2D eigenvalue weighted by Crippen LogP contribution is -2.03. The second-order valence-electron chi connectivity index (χ2n) is 4.74. The van der Waals surface area contributed by atoms with Crippen molar-refractivity contribution in [3.8, 4) is 6.07 Å². The molecule has 1 aliphatic rings. The molecule has 3 N–H and O–H groups in total. The molecule has 100 valence electrons. The van der Waals surface area contributed by atoms with Crippen LogP contribution in [0, 0.1) is 11.3 Å². The van der Waals surface area contributed by atoms with Crippen molar-refractivity contribution in [1.29, 1.82) is 5.26 Å². The predicted octanol–water partition coefficient (Wildman–Crippen LogP) is 3.31. The number of nitrogens with zero attached hydrogens (tertiary/aromatic N) is 3. The number of hydrogen-bond donors (Lipinski definition) is 2. The zero-order valence-corrected chi connectivity index (χ0v) is 12.2. The van der Waals surface area contributed by atoms with Gasteiger partial charge in [-0.25, -0.2) is 9.97 Å². The Balaban J connectivity index is 1.93. The number of rotatable bonds is 3. The van der Waals surface area contributed by atoms with Gasteiger partial charge < -0.3 is 11.1 Å². The van der Waals surface area contributed by atoms with Gasteiger partial charge >= 0.3 is 0 Å². The second kappa shape index (κ2) is 5.10. The number of anilines is 3. The first-order valence-electron chi connectivity index (χ1n) is 6.27. The Bertz CT molecular complexity index is 703. The lowest BCUT2D eigenvalue weighted by atomic mass is 10.2. The Hall–Kier alpha value is -2.13. The lowest BCUT2D eigenvalue weighted by Gasteiger charge is -2.09. The van der Waals surface area contributed by atoms with Crippen LogP contribution < -0.4 is 11.1 Å². The molecule has 0 atom stereocenters. The Morgan fingerprint density at radius 3 is 2.80 bits per heavy atom. The molecule has 1 heterocycles. The summed E-state index contributed by atoms with van der Waals surface area (Å²) < 4.78 is 0.862. The minimum Gasteiger partial charge on any atom is -0.384 e. The molecule has 5 nitrogen and oxygen atoms in total. The van der Waals surface area contributed by atoms with E-state index in [4.69, 9.17) is 11.0 Å². The molecular formula is C14H12BrN5. The number of nitriles is 1. The van der Waals surface area contributed by atoms with E-state index in [1.807, 2.05) is 12.1 Å². The van der Waals surface area contributed by atoms with E-state index in [9.17, 15) is 0 Å². The summed E-state index contributed by atoms with van der Waals surface area (Å²) >= 11 is 3.35. The van der Waals surface area contributed by atoms with E-state index < -0.39 is 0 Å². The molecule has 20 heavy (non-hydrogen) atoms. The van der Waals surface area contributed by atoms with Gasteiger partial charge in [0, 0.05) is 16.5 Å². The highest BCUT2D eigenvalue weighted by Crippen LogP contribution is 2.38. The maximum Gasteiger partial charge on any atom is 0.136 e. The Morgan fingerprint density at radius 2 is 2.10 bits per heavy atom. The molecule has 6 heteroatoms. The number of hydrogen-bond acceptors (Lipinski definition) is 5. The number of benzene rings is 1. The highest BCUT2D eigenvalue weighted by atomic mass is 79.9. The van der Waals surface area contributed by atoms with Gasteiger partial charge in [0.1, 0.15) is 23.5 Å². The zero-order valence-electron chi connectivity index (χ0n) is 10.6. The van der Waals surface area contributed by atoms with Gasteiger partial charge in [0.2, 0.25) is 0 Å². The normalized spacial score (nSPS) is 13.8. The minimum absolute atomic E-state index is 0.430. The molecule has 2 aromatic rings. The molecule has 1 aromatic heterocycles. The van der Waals surface area contributed by atoms with Crippen LogP contribution in [0.3, 0.4) is 0 Å². The van der Waals surface area contributed by atoms with Gasteiger partial charge in [-0.3, -0.25) is 0 Å². The molecular weight excluding hydrogens is 318 g/mol. The second-order valence-corrected chi connectivity index (χ2v) is 5.65. The smallest absolute Gasteiger partial charge is 0.136 e. The van der Waals surface area contributed by atoms with E-state index in [2.05, 4.69) is 37.3 Å². The van der Waals surface area contributed by atoms with Crippen molar-refractivity contribution in [3.63, 3.8) is 0 Å². The third-order valence-electron chi connectivity index (χ3n) is 3.07. The van der Waals surface area contributed by atoms with Crippen molar-refractivity contribution < 1.29 is 0 Å². The van der Waals surface area contributed by atoms with Crippen LogP contribution in [0.2, 0.25) is 0 Å². The van der Waals surface area contributed by atoms with Crippen molar-refractivity contribution >= 4 is 33.3 Å². The molecule has 0 amide bonds. The summed E-state index contributed by atoms with van der Waals surface area (Å²) in [5.74, 6) is 2.28. The van der Waals surface area contributed by atoms with E-state index in [1.165, 1.54) is 0 Å². The largest absolute Gasteiger partial charge is 0.384 e. The first kappa shape index (κ1) is 12.9. The summed E-state index contributed by atoms with van der Waals surface area (Å²) in [7, 11) is 0. The standard InChI is InChI=1S/C14H12BrN5/c15-10-3-4-11(9(5-10)7-16)18-13-6-12(17)19-14(20-13)8-1-2-8/h3-6,8H,1-2H2,(H3,17,18,19,20). The maximum atomic E-state index is 9.16. The third kappa shape index (κ3) is 2.73. The van der Waals surface area contributed by atoms with Crippen LogP contribution in [0.5, 0.6) is 0 Å². The fourth-order valence-electron chi connectivity index (χ4n) is 1.93. The number of aromatic nitrogens is 2. The lowest BCUT2D eigenvalue weighted by molar-refractivity contribution is 0.936. The van der Waals surface area contributed by atoms with Gasteiger partial charge in [-0.05, 0) is 31.0 Å². The van der Waals surface area contributed by atoms with E-state index in [-0.39, 0.29) is 0 Å². The van der Waals surface area contributed by atoms with Gasteiger partial charge in [0.25, 0.3) is 0 Å². The van der Waals surface area contributed by atoms with Gasteiger partial charge in [-0.1, -0.05) is 15.9 Å². The Labute approximate surface area is 125 Å². The number of halogens is 1. The average molecular weight is 330 g/mol. The zero-order chi connectivity index (χ0) is 14.1. The van der Waals surface area contributed by atoms with E-state index >= 15 is 0 Å². The molecule has 0 unspecified atom stereocenters. The third-order valence-corrected chi connectivity index (χ3v) is 3.56. The topological polar surface area (TPSA) is 87.6 Å². The quantitative estimate of drug-likeness (QED) is 0.901. The fraction of sp³-hybridized carbons (Fsp3) is 0.214.